The maximum atomic E-state index is 13.4. The summed E-state index contributed by atoms with van der Waals surface area (Å²) in [5, 5.41) is -0.278. The second-order valence-corrected chi connectivity index (χ2v) is 10.0. The van der Waals surface area contributed by atoms with E-state index in [1.165, 1.54) is 30.5 Å². The number of hydrogen-bond acceptors (Lipinski definition) is 6. The minimum Gasteiger partial charge on any atom is -0.494 e. The van der Waals surface area contributed by atoms with Gasteiger partial charge >= 0.3 is 0 Å². The Balaban J connectivity index is 1.56. The fourth-order valence-electron chi connectivity index (χ4n) is 3.49. The van der Waals surface area contributed by atoms with Gasteiger partial charge in [0.1, 0.15) is 11.5 Å². The average molecular weight is 494 g/mol. The highest BCUT2D eigenvalue weighted by molar-refractivity contribution is 7.91. The molecule has 2 aromatic carbocycles. The Morgan fingerprint density at radius 1 is 0.943 bits per heavy atom. The van der Waals surface area contributed by atoms with Gasteiger partial charge in [-0.15, -0.1) is 0 Å². The van der Waals surface area contributed by atoms with Gasteiger partial charge in [0.2, 0.25) is 14.9 Å². The van der Waals surface area contributed by atoms with Gasteiger partial charge in [-0.2, -0.15) is 0 Å². The van der Waals surface area contributed by atoms with E-state index in [0.717, 1.165) is 23.3 Å². The number of carbonyl (C=O) groups excluding carboxylic acids is 1. The van der Waals surface area contributed by atoms with Crippen molar-refractivity contribution in [3.05, 3.63) is 102 Å². The monoisotopic (exact) mass is 493 g/mol. The first-order chi connectivity index (χ1) is 16.9. The number of benzene rings is 2. The summed E-state index contributed by atoms with van der Waals surface area (Å²) >= 11 is 0. The number of hydrogen-bond donors (Lipinski definition) is 0. The highest BCUT2D eigenvalue weighted by Gasteiger charge is 2.26. The van der Waals surface area contributed by atoms with Gasteiger partial charge in [0.05, 0.1) is 24.3 Å². The Labute approximate surface area is 204 Å². The highest BCUT2D eigenvalue weighted by Crippen LogP contribution is 2.25. The number of amides is 1. The largest absolute Gasteiger partial charge is 0.494 e. The summed E-state index contributed by atoms with van der Waals surface area (Å²) < 4.78 is 42.6. The molecule has 7 nitrogen and oxygen atoms in total. The summed E-state index contributed by atoms with van der Waals surface area (Å²) in [4.78, 5) is 15.0. The molecule has 1 amide bonds. The van der Waals surface area contributed by atoms with Crippen LogP contribution in [0.15, 0.2) is 97.9 Å². The topological polar surface area (TPSA) is 90.0 Å². The van der Waals surface area contributed by atoms with E-state index in [4.69, 9.17) is 13.6 Å². The lowest BCUT2D eigenvalue weighted by molar-refractivity contribution is 0.0679. The SMILES string of the molecule is CCCOc1ccc(CN(Cc2ccco2)C(=O)c2ccc(S(=O)(=O)c3ccc(C)cc3)o2)cc1. The van der Waals surface area contributed by atoms with Crippen LogP contribution in [-0.2, 0) is 22.9 Å². The third-order valence-corrected chi connectivity index (χ3v) is 7.01. The lowest BCUT2D eigenvalue weighted by atomic mass is 10.2. The first-order valence-electron chi connectivity index (χ1n) is 11.3. The molecular weight excluding hydrogens is 466 g/mol. The fraction of sp³-hybridized carbons (Fsp3) is 0.222. The van der Waals surface area contributed by atoms with E-state index >= 15 is 0 Å². The molecular formula is C27H27NO6S. The van der Waals surface area contributed by atoms with Crippen LogP contribution in [0.4, 0.5) is 0 Å². The van der Waals surface area contributed by atoms with Gasteiger partial charge < -0.3 is 18.5 Å². The van der Waals surface area contributed by atoms with E-state index in [9.17, 15) is 13.2 Å². The molecule has 8 heteroatoms. The van der Waals surface area contributed by atoms with Gasteiger partial charge in [-0.3, -0.25) is 4.79 Å². The van der Waals surface area contributed by atoms with Crippen molar-refractivity contribution >= 4 is 15.7 Å². The van der Waals surface area contributed by atoms with Crippen molar-refractivity contribution < 1.29 is 26.8 Å². The van der Waals surface area contributed by atoms with E-state index < -0.39 is 15.7 Å². The number of aryl methyl sites for hydroxylation is 1. The molecule has 0 saturated heterocycles. The maximum Gasteiger partial charge on any atom is 0.290 e. The van der Waals surface area contributed by atoms with E-state index in [0.29, 0.717) is 12.4 Å². The molecule has 35 heavy (non-hydrogen) atoms. The lowest BCUT2D eigenvalue weighted by Crippen LogP contribution is -2.29. The van der Waals surface area contributed by atoms with Crippen molar-refractivity contribution in [1.29, 1.82) is 0 Å². The predicted octanol–water partition coefficient (Wildman–Crippen LogP) is 5.65. The third kappa shape index (κ3) is 5.84. The first kappa shape index (κ1) is 24.3. The number of furan rings is 2. The molecule has 0 aliphatic carbocycles. The minimum absolute atomic E-state index is 0.0647. The van der Waals surface area contributed by atoms with Gasteiger partial charge in [0, 0.05) is 6.54 Å². The molecule has 0 aliphatic heterocycles. The fourth-order valence-corrected chi connectivity index (χ4v) is 4.66. The molecule has 0 saturated carbocycles. The summed E-state index contributed by atoms with van der Waals surface area (Å²) in [5.41, 5.74) is 1.82. The third-order valence-electron chi connectivity index (χ3n) is 5.37. The van der Waals surface area contributed by atoms with Crippen LogP contribution in [0.5, 0.6) is 5.75 Å². The predicted molar refractivity (Wildman–Crippen MR) is 130 cm³/mol. The second-order valence-electron chi connectivity index (χ2n) is 8.17. The number of carbonyl (C=O) groups is 1. The summed E-state index contributed by atoms with van der Waals surface area (Å²) in [6.45, 7) is 5.02. The zero-order valence-electron chi connectivity index (χ0n) is 19.6. The molecule has 2 heterocycles. The average Bonchev–Trinajstić information content (AvgIpc) is 3.56. The highest BCUT2D eigenvalue weighted by atomic mass is 32.2. The summed E-state index contributed by atoms with van der Waals surface area (Å²) in [7, 11) is -3.89. The van der Waals surface area contributed by atoms with Gasteiger partial charge in [-0.05, 0) is 67.4 Å². The van der Waals surface area contributed by atoms with Crippen LogP contribution in [0.3, 0.4) is 0 Å². The Bertz CT molecular complexity index is 1350. The van der Waals surface area contributed by atoms with E-state index in [-0.39, 0.29) is 28.8 Å². The van der Waals surface area contributed by atoms with Crippen LogP contribution < -0.4 is 4.74 Å². The van der Waals surface area contributed by atoms with E-state index in [1.807, 2.05) is 38.1 Å². The van der Waals surface area contributed by atoms with Crippen LogP contribution in [0, 0.1) is 6.92 Å². The minimum atomic E-state index is -3.89. The van der Waals surface area contributed by atoms with Crippen LogP contribution in [0.25, 0.3) is 0 Å². The van der Waals surface area contributed by atoms with Gasteiger partial charge in [0.25, 0.3) is 5.91 Å². The van der Waals surface area contributed by atoms with Crippen molar-refractivity contribution in [2.75, 3.05) is 6.61 Å². The van der Waals surface area contributed by atoms with Crippen molar-refractivity contribution in [3.8, 4) is 5.75 Å². The molecule has 4 aromatic rings. The number of nitrogens with zero attached hydrogens (tertiary/aromatic N) is 1. The van der Waals surface area contributed by atoms with Crippen LogP contribution >= 0.6 is 0 Å². The van der Waals surface area contributed by atoms with Crippen molar-refractivity contribution in [2.24, 2.45) is 0 Å². The number of ether oxygens (including phenoxy) is 1. The number of sulfone groups is 1. The zero-order chi connectivity index (χ0) is 24.8. The molecule has 4 rings (SSSR count). The second kappa shape index (κ2) is 10.7. The maximum absolute atomic E-state index is 13.4. The van der Waals surface area contributed by atoms with Crippen LogP contribution in [-0.4, -0.2) is 25.8 Å². The summed E-state index contributed by atoms with van der Waals surface area (Å²) in [6, 6.07) is 20.2. The molecule has 0 radical (unpaired) electrons. The van der Waals surface area contributed by atoms with Gasteiger partial charge in [-0.1, -0.05) is 36.8 Å². The van der Waals surface area contributed by atoms with Crippen molar-refractivity contribution in [1.82, 2.24) is 4.90 Å². The molecule has 0 bridgehead atoms. The van der Waals surface area contributed by atoms with Crippen LogP contribution in [0.2, 0.25) is 0 Å². The Morgan fingerprint density at radius 2 is 1.69 bits per heavy atom. The normalized spacial score (nSPS) is 11.4. The van der Waals surface area contributed by atoms with Gasteiger partial charge in [-0.25, -0.2) is 8.42 Å². The van der Waals surface area contributed by atoms with Crippen LogP contribution in [0.1, 0.15) is 40.8 Å². The molecule has 0 atom stereocenters. The lowest BCUT2D eigenvalue weighted by Gasteiger charge is -2.21. The van der Waals surface area contributed by atoms with Crippen molar-refractivity contribution in [3.63, 3.8) is 0 Å². The molecule has 2 aromatic heterocycles. The van der Waals surface area contributed by atoms with Crippen molar-refractivity contribution in [2.45, 2.75) is 43.3 Å². The quantitative estimate of drug-likeness (QED) is 0.284. The van der Waals surface area contributed by atoms with E-state index in [2.05, 4.69) is 0 Å². The standard InChI is InChI=1S/C27H27NO6S/c1-3-16-32-22-10-8-21(9-11-22)18-28(19-23-5-4-17-33-23)27(29)25-14-15-26(34-25)35(30,31)24-12-6-20(2)7-13-24/h4-15,17H,3,16,18-19H2,1-2H3. The Hall–Kier alpha value is -3.78. The molecule has 0 unspecified atom stereocenters. The molecule has 0 fully saturated rings. The Morgan fingerprint density at radius 3 is 2.34 bits per heavy atom. The molecule has 0 N–H and O–H groups in total. The van der Waals surface area contributed by atoms with Gasteiger partial charge in [0.15, 0.2) is 5.76 Å². The summed E-state index contributed by atoms with van der Waals surface area (Å²) in [6.07, 6.45) is 2.45. The van der Waals surface area contributed by atoms with E-state index in [1.54, 1.807) is 29.2 Å². The number of rotatable bonds is 10. The first-order valence-corrected chi connectivity index (χ1v) is 12.8. The molecule has 182 valence electrons. The summed E-state index contributed by atoms with van der Waals surface area (Å²) in [5.74, 6) is 0.847. The zero-order valence-corrected chi connectivity index (χ0v) is 20.5. The smallest absolute Gasteiger partial charge is 0.290 e. The molecule has 0 spiro atoms. The Kier molecular flexibility index (Phi) is 7.41. The molecule has 0 aliphatic rings.